The second-order valence-electron chi connectivity index (χ2n) is 3.99. The Morgan fingerprint density at radius 2 is 2.20 bits per heavy atom. The smallest absolute Gasteiger partial charge is 0.354 e. The molecule has 0 aliphatic rings. The van der Waals surface area contributed by atoms with E-state index in [4.69, 9.17) is 10.8 Å². The van der Waals surface area contributed by atoms with Gasteiger partial charge in [0.05, 0.1) is 12.1 Å². The summed E-state index contributed by atoms with van der Waals surface area (Å²) in [7, 11) is 0. The third kappa shape index (κ3) is 3.75. The van der Waals surface area contributed by atoms with Gasteiger partial charge >= 0.3 is 5.97 Å². The van der Waals surface area contributed by atoms with E-state index in [9.17, 15) is 9.59 Å². The molecule has 8 heteroatoms. The number of amides is 1. The highest BCUT2D eigenvalue weighted by Gasteiger charge is 2.07. The van der Waals surface area contributed by atoms with Gasteiger partial charge < -0.3 is 16.2 Å². The topological polar surface area (TPSA) is 118 Å². The van der Waals surface area contributed by atoms with Gasteiger partial charge in [0.2, 0.25) is 5.91 Å². The second kappa shape index (κ2) is 6.11. The first-order chi connectivity index (χ1) is 9.54. The summed E-state index contributed by atoms with van der Waals surface area (Å²) in [5.74, 6) is -1.26. The van der Waals surface area contributed by atoms with Crippen LogP contribution in [0.5, 0.6) is 0 Å². The Balaban J connectivity index is 1.85. The zero-order valence-corrected chi connectivity index (χ0v) is 11.2. The van der Waals surface area contributed by atoms with Crippen molar-refractivity contribution in [2.24, 2.45) is 0 Å². The Bertz CT molecular complexity index is 624. The van der Waals surface area contributed by atoms with Crippen LogP contribution in [0, 0.1) is 0 Å². The number of hydrogen-bond donors (Lipinski definition) is 3. The maximum atomic E-state index is 11.7. The van der Waals surface area contributed by atoms with Crippen LogP contribution in [0.1, 0.15) is 21.7 Å². The van der Waals surface area contributed by atoms with Crippen LogP contribution in [0.2, 0.25) is 0 Å². The number of rotatable bonds is 5. The molecule has 20 heavy (non-hydrogen) atoms. The minimum absolute atomic E-state index is 0.0296. The summed E-state index contributed by atoms with van der Waals surface area (Å²) in [4.78, 5) is 30.1. The minimum Gasteiger partial charge on any atom is -0.477 e. The molecule has 0 radical (unpaired) electrons. The van der Waals surface area contributed by atoms with E-state index in [2.05, 4.69) is 15.3 Å². The first-order valence-corrected chi connectivity index (χ1v) is 6.57. The van der Waals surface area contributed by atoms with Crippen molar-refractivity contribution in [2.75, 3.05) is 5.73 Å². The minimum atomic E-state index is -1.08. The van der Waals surface area contributed by atoms with Crippen molar-refractivity contribution < 1.29 is 14.7 Å². The maximum Gasteiger partial charge on any atom is 0.354 e. The normalized spacial score (nSPS) is 10.2. The molecule has 0 aliphatic heterocycles. The Morgan fingerprint density at radius 1 is 1.40 bits per heavy atom. The molecule has 2 aromatic heterocycles. The molecule has 0 aromatic carbocycles. The van der Waals surface area contributed by atoms with Gasteiger partial charge in [0, 0.05) is 18.1 Å². The molecule has 0 saturated heterocycles. The van der Waals surface area contributed by atoms with Crippen molar-refractivity contribution in [3.05, 3.63) is 40.7 Å². The largest absolute Gasteiger partial charge is 0.477 e. The van der Waals surface area contributed by atoms with Gasteiger partial charge in [-0.05, 0) is 11.6 Å². The number of carbonyl (C=O) groups is 2. The summed E-state index contributed by atoms with van der Waals surface area (Å²) in [6.07, 6.45) is 1.58. The third-order valence-electron chi connectivity index (χ3n) is 2.44. The van der Waals surface area contributed by atoms with E-state index in [1.54, 1.807) is 11.4 Å². The molecule has 104 valence electrons. The Morgan fingerprint density at radius 3 is 2.75 bits per heavy atom. The molecule has 2 rings (SSSR count). The Labute approximate surface area is 118 Å². The molecule has 0 fully saturated rings. The van der Waals surface area contributed by atoms with Crippen molar-refractivity contribution in [1.82, 2.24) is 15.3 Å². The lowest BCUT2D eigenvalue weighted by Gasteiger charge is -2.04. The SMILES string of the molecule is Nc1nc(CC(=O)NCc2ccc(C(=O)O)nc2)cs1. The van der Waals surface area contributed by atoms with Crippen LogP contribution in [-0.2, 0) is 17.8 Å². The molecule has 7 nitrogen and oxygen atoms in total. The lowest BCUT2D eigenvalue weighted by molar-refractivity contribution is -0.120. The van der Waals surface area contributed by atoms with E-state index in [1.165, 1.54) is 23.6 Å². The molecule has 2 aromatic rings. The van der Waals surface area contributed by atoms with Gasteiger partial charge in [-0.15, -0.1) is 11.3 Å². The molecule has 0 spiro atoms. The Kier molecular flexibility index (Phi) is 4.26. The number of thiazole rings is 1. The number of carbonyl (C=O) groups excluding carboxylic acids is 1. The molecule has 4 N–H and O–H groups in total. The molecule has 0 saturated carbocycles. The molecule has 0 aliphatic carbocycles. The van der Waals surface area contributed by atoms with Gasteiger partial charge in [-0.25, -0.2) is 14.8 Å². The predicted octanol–water partition coefficient (Wildman–Crippen LogP) is 0.677. The highest BCUT2D eigenvalue weighted by atomic mass is 32.1. The average Bonchev–Trinajstić information content (AvgIpc) is 2.82. The van der Waals surface area contributed by atoms with Crippen molar-refractivity contribution in [1.29, 1.82) is 0 Å². The fourth-order valence-electron chi connectivity index (χ4n) is 1.49. The monoisotopic (exact) mass is 292 g/mol. The summed E-state index contributed by atoms with van der Waals surface area (Å²) < 4.78 is 0. The first kappa shape index (κ1) is 13.9. The van der Waals surface area contributed by atoms with E-state index >= 15 is 0 Å². The van der Waals surface area contributed by atoms with Crippen LogP contribution < -0.4 is 11.1 Å². The van der Waals surface area contributed by atoms with Crippen LogP contribution in [0.3, 0.4) is 0 Å². The highest BCUT2D eigenvalue weighted by Crippen LogP contribution is 2.11. The second-order valence-corrected chi connectivity index (χ2v) is 4.88. The van der Waals surface area contributed by atoms with E-state index in [0.29, 0.717) is 10.8 Å². The standard InChI is InChI=1S/C12H12N4O3S/c13-12-16-8(6-20-12)3-10(17)15-5-7-1-2-9(11(18)19)14-4-7/h1-2,4,6H,3,5H2,(H2,13,16)(H,15,17)(H,18,19). The fraction of sp³-hybridized carbons (Fsp3) is 0.167. The number of pyridine rings is 1. The summed E-state index contributed by atoms with van der Waals surface area (Å²) in [5.41, 5.74) is 6.80. The lowest BCUT2D eigenvalue weighted by atomic mass is 10.2. The quantitative estimate of drug-likeness (QED) is 0.745. The molecule has 1 amide bonds. The number of carboxylic acids is 1. The molecular formula is C12H12N4O3S. The number of anilines is 1. The first-order valence-electron chi connectivity index (χ1n) is 5.69. The lowest BCUT2D eigenvalue weighted by Crippen LogP contribution is -2.24. The average molecular weight is 292 g/mol. The van der Waals surface area contributed by atoms with Gasteiger partial charge in [-0.1, -0.05) is 6.07 Å². The van der Waals surface area contributed by atoms with Gasteiger partial charge in [0.1, 0.15) is 5.69 Å². The van der Waals surface area contributed by atoms with Gasteiger partial charge in [-0.2, -0.15) is 0 Å². The summed E-state index contributed by atoms with van der Waals surface area (Å²) in [5, 5.41) is 13.6. The van der Waals surface area contributed by atoms with Crippen LogP contribution in [0.15, 0.2) is 23.7 Å². The van der Waals surface area contributed by atoms with Crippen LogP contribution in [0.4, 0.5) is 5.13 Å². The number of carboxylic acid groups (broad SMARTS) is 1. The molecule has 0 unspecified atom stereocenters. The fourth-order valence-corrected chi connectivity index (χ4v) is 2.05. The zero-order chi connectivity index (χ0) is 14.5. The van der Waals surface area contributed by atoms with Crippen LogP contribution in [0.25, 0.3) is 0 Å². The molecule has 0 atom stereocenters. The van der Waals surface area contributed by atoms with Gasteiger partial charge in [-0.3, -0.25) is 4.79 Å². The summed E-state index contributed by atoms with van der Waals surface area (Å²) in [6.45, 7) is 0.283. The predicted molar refractivity (Wildman–Crippen MR) is 73.3 cm³/mol. The van der Waals surface area contributed by atoms with Crippen molar-refractivity contribution in [2.45, 2.75) is 13.0 Å². The number of aromatic carboxylic acids is 1. The summed E-state index contributed by atoms with van der Waals surface area (Å²) in [6, 6.07) is 3.00. The number of nitrogens with one attached hydrogen (secondary N) is 1. The van der Waals surface area contributed by atoms with Crippen LogP contribution >= 0.6 is 11.3 Å². The van der Waals surface area contributed by atoms with Crippen molar-refractivity contribution in [3.63, 3.8) is 0 Å². The number of nitrogens with two attached hydrogens (primary N) is 1. The molecule has 0 bridgehead atoms. The van der Waals surface area contributed by atoms with Gasteiger partial charge in [0.25, 0.3) is 0 Å². The maximum absolute atomic E-state index is 11.7. The zero-order valence-electron chi connectivity index (χ0n) is 10.4. The van der Waals surface area contributed by atoms with Crippen LogP contribution in [-0.4, -0.2) is 27.0 Å². The van der Waals surface area contributed by atoms with E-state index in [-0.39, 0.29) is 24.6 Å². The number of aromatic nitrogens is 2. The van der Waals surface area contributed by atoms with Gasteiger partial charge in [0.15, 0.2) is 5.13 Å². The number of nitrogen functional groups attached to an aromatic ring is 1. The van der Waals surface area contributed by atoms with Crippen molar-refractivity contribution in [3.8, 4) is 0 Å². The molecule has 2 heterocycles. The summed E-state index contributed by atoms with van der Waals surface area (Å²) >= 11 is 1.29. The number of nitrogens with zero attached hydrogens (tertiary/aromatic N) is 2. The van der Waals surface area contributed by atoms with E-state index in [0.717, 1.165) is 5.56 Å². The number of hydrogen-bond acceptors (Lipinski definition) is 6. The highest BCUT2D eigenvalue weighted by molar-refractivity contribution is 7.13. The Hall–Kier alpha value is -2.48. The van der Waals surface area contributed by atoms with E-state index in [1.807, 2.05) is 0 Å². The third-order valence-corrected chi connectivity index (χ3v) is 3.17. The van der Waals surface area contributed by atoms with Crippen molar-refractivity contribution >= 4 is 28.3 Å². The molecular weight excluding hydrogens is 280 g/mol. The van der Waals surface area contributed by atoms with E-state index < -0.39 is 5.97 Å².